The van der Waals surface area contributed by atoms with Gasteiger partial charge in [0.2, 0.25) is 10.0 Å². The highest BCUT2D eigenvalue weighted by molar-refractivity contribution is 7.89. The molecule has 1 atom stereocenters. The van der Waals surface area contributed by atoms with Crippen molar-refractivity contribution in [3.63, 3.8) is 0 Å². The van der Waals surface area contributed by atoms with Crippen molar-refractivity contribution in [1.29, 1.82) is 0 Å². The lowest BCUT2D eigenvalue weighted by molar-refractivity contribution is 0.0669. The Morgan fingerprint density at radius 1 is 1.09 bits per heavy atom. The van der Waals surface area contributed by atoms with Gasteiger partial charge in [-0.2, -0.15) is 4.31 Å². The molecule has 2 aliphatic rings. The molecular weight excluding hydrogens is 456 g/mol. The Bertz CT molecular complexity index is 1090. The number of benzene rings is 2. The van der Waals surface area contributed by atoms with Gasteiger partial charge in [0.1, 0.15) is 6.61 Å². The maximum absolute atomic E-state index is 12.9. The largest absolute Gasteiger partial charge is 0.493 e. The molecule has 0 bridgehead atoms. The van der Waals surface area contributed by atoms with Crippen LogP contribution in [0.5, 0.6) is 11.5 Å². The molecule has 0 spiro atoms. The molecule has 34 heavy (non-hydrogen) atoms. The highest BCUT2D eigenvalue weighted by atomic mass is 32.2. The normalized spacial score (nSPS) is 19.0. The van der Waals surface area contributed by atoms with Crippen LogP contribution in [0.15, 0.2) is 47.4 Å². The summed E-state index contributed by atoms with van der Waals surface area (Å²) in [5, 5.41) is 2.86. The summed E-state index contributed by atoms with van der Waals surface area (Å²) in [5.74, 6) is 0.872. The molecule has 1 amide bonds. The van der Waals surface area contributed by atoms with Crippen molar-refractivity contribution in [1.82, 2.24) is 9.62 Å². The standard InChI is InChI=1S/C25H32N2O6S/c1-31-24-15-19(10-11-23(24)33-18-21-8-6-14-32-21)17-26-25(28)20-7-5-9-22(16-20)34(29,30)27-12-3-2-4-13-27/h5,7,9-11,15-16,21H,2-4,6,8,12-14,17-18H2,1H3,(H,26,28). The smallest absolute Gasteiger partial charge is 0.251 e. The highest BCUT2D eigenvalue weighted by Gasteiger charge is 2.26. The molecule has 2 aliphatic heterocycles. The van der Waals surface area contributed by atoms with Crippen LogP contribution in [0, 0.1) is 0 Å². The zero-order chi connectivity index (χ0) is 24.0. The predicted molar refractivity (Wildman–Crippen MR) is 128 cm³/mol. The van der Waals surface area contributed by atoms with E-state index in [0.717, 1.165) is 44.3 Å². The van der Waals surface area contributed by atoms with Crippen LogP contribution < -0.4 is 14.8 Å². The molecule has 2 aromatic carbocycles. The summed E-state index contributed by atoms with van der Waals surface area (Å²) in [6, 6.07) is 11.7. The number of nitrogens with zero attached hydrogens (tertiary/aromatic N) is 1. The fourth-order valence-electron chi connectivity index (χ4n) is 4.24. The number of methoxy groups -OCH3 is 1. The van der Waals surface area contributed by atoms with Crippen LogP contribution in [0.4, 0.5) is 0 Å². The topological polar surface area (TPSA) is 94.2 Å². The molecule has 1 N–H and O–H groups in total. The summed E-state index contributed by atoms with van der Waals surface area (Å²) in [4.78, 5) is 12.9. The second-order valence-corrected chi connectivity index (χ2v) is 10.5. The van der Waals surface area contributed by atoms with Gasteiger partial charge in [-0.3, -0.25) is 4.79 Å². The van der Waals surface area contributed by atoms with E-state index < -0.39 is 10.0 Å². The molecule has 4 rings (SSSR count). The molecule has 0 saturated carbocycles. The maximum Gasteiger partial charge on any atom is 0.251 e. The van der Waals surface area contributed by atoms with E-state index in [9.17, 15) is 13.2 Å². The van der Waals surface area contributed by atoms with E-state index in [1.807, 2.05) is 18.2 Å². The van der Waals surface area contributed by atoms with Crippen LogP contribution >= 0.6 is 0 Å². The van der Waals surface area contributed by atoms with E-state index >= 15 is 0 Å². The number of ether oxygens (including phenoxy) is 3. The Balaban J connectivity index is 1.38. The van der Waals surface area contributed by atoms with Crippen molar-refractivity contribution < 1.29 is 27.4 Å². The molecule has 0 radical (unpaired) electrons. The number of piperidine rings is 1. The Morgan fingerprint density at radius 2 is 1.91 bits per heavy atom. The van der Waals surface area contributed by atoms with Crippen molar-refractivity contribution in [2.24, 2.45) is 0 Å². The molecule has 2 saturated heterocycles. The zero-order valence-electron chi connectivity index (χ0n) is 19.5. The molecule has 8 nitrogen and oxygen atoms in total. The maximum atomic E-state index is 12.9. The van der Waals surface area contributed by atoms with Gasteiger partial charge in [-0.1, -0.05) is 18.6 Å². The summed E-state index contributed by atoms with van der Waals surface area (Å²) >= 11 is 0. The number of hydrogen-bond acceptors (Lipinski definition) is 6. The van der Waals surface area contributed by atoms with E-state index in [-0.39, 0.29) is 23.5 Å². The van der Waals surface area contributed by atoms with Crippen LogP contribution in [0.2, 0.25) is 0 Å². The number of sulfonamides is 1. The second kappa shape index (κ2) is 11.2. The molecule has 184 valence electrons. The van der Waals surface area contributed by atoms with Gasteiger partial charge in [0.25, 0.3) is 5.91 Å². The lowest BCUT2D eigenvalue weighted by Crippen LogP contribution is -2.35. The first-order valence-electron chi connectivity index (χ1n) is 11.8. The quantitative estimate of drug-likeness (QED) is 0.582. The van der Waals surface area contributed by atoms with E-state index in [0.29, 0.717) is 36.8 Å². The Hall–Kier alpha value is -2.62. The molecule has 9 heteroatoms. The van der Waals surface area contributed by atoms with Crippen molar-refractivity contribution in [3.8, 4) is 11.5 Å². The van der Waals surface area contributed by atoms with Crippen molar-refractivity contribution in [2.75, 3.05) is 33.4 Å². The van der Waals surface area contributed by atoms with Crippen molar-refractivity contribution in [3.05, 3.63) is 53.6 Å². The lowest BCUT2D eigenvalue weighted by atomic mass is 10.1. The molecule has 2 fully saturated rings. The highest BCUT2D eigenvalue weighted by Crippen LogP contribution is 2.29. The monoisotopic (exact) mass is 488 g/mol. The summed E-state index contributed by atoms with van der Waals surface area (Å²) in [5.41, 5.74) is 1.15. The number of nitrogens with one attached hydrogen (secondary N) is 1. The fraction of sp³-hybridized carbons (Fsp3) is 0.480. The van der Waals surface area contributed by atoms with Crippen molar-refractivity contribution in [2.45, 2.75) is 49.6 Å². The van der Waals surface area contributed by atoms with Gasteiger partial charge in [0, 0.05) is 31.8 Å². The van der Waals surface area contributed by atoms with E-state index in [4.69, 9.17) is 14.2 Å². The zero-order valence-corrected chi connectivity index (χ0v) is 20.3. The first kappa shape index (κ1) is 24.5. The fourth-order valence-corrected chi connectivity index (χ4v) is 5.80. The van der Waals surface area contributed by atoms with E-state index in [1.165, 1.54) is 10.4 Å². The van der Waals surface area contributed by atoms with Crippen LogP contribution in [-0.4, -0.2) is 58.1 Å². The van der Waals surface area contributed by atoms with Crippen LogP contribution in [0.1, 0.15) is 48.0 Å². The number of carbonyl (C=O) groups is 1. The van der Waals surface area contributed by atoms with Gasteiger partial charge in [-0.25, -0.2) is 8.42 Å². The van der Waals surface area contributed by atoms with Gasteiger partial charge in [-0.15, -0.1) is 0 Å². The third-order valence-electron chi connectivity index (χ3n) is 6.18. The van der Waals surface area contributed by atoms with Gasteiger partial charge >= 0.3 is 0 Å². The summed E-state index contributed by atoms with van der Waals surface area (Å²) in [6.45, 7) is 2.56. The Labute approximate surface area is 201 Å². The van der Waals surface area contributed by atoms with Crippen LogP contribution in [-0.2, 0) is 21.3 Å². The molecule has 2 heterocycles. The molecule has 1 unspecified atom stereocenters. The SMILES string of the molecule is COc1cc(CNC(=O)c2cccc(S(=O)(=O)N3CCCCC3)c2)ccc1OCC1CCCO1. The first-order chi connectivity index (χ1) is 16.5. The average molecular weight is 489 g/mol. The predicted octanol–water partition coefficient (Wildman–Crippen LogP) is 3.36. The Morgan fingerprint density at radius 3 is 2.65 bits per heavy atom. The van der Waals surface area contributed by atoms with Crippen LogP contribution in [0.3, 0.4) is 0 Å². The summed E-state index contributed by atoms with van der Waals surface area (Å²) < 4.78 is 44.3. The van der Waals surface area contributed by atoms with E-state index in [2.05, 4.69) is 5.32 Å². The lowest BCUT2D eigenvalue weighted by Gasteiger charge is -2.26. The molecule has 0 aromatic heterocycles. The molecule has 0 aliphatic carbocycles. The minimum absolute atomic E-state index is 0.109. The van der Waals surface area contributed by atoms with Crippen LogP contribution in [0.25, 0.3) is 0 Å². The number of amides is 1. The minimum Gasteiger partial charge on any atom is -0.493 e. The van der Waals surface area contributed by atoms with E-state index in [1.54, 1.807) is 25.3 Å². The second-order valence-electron chi connectivity index (χ2n) is 8.61. The molecular formula is C25H32N2O6S. The summed E-state index contributed by atoms with van der Waals surface area (Å²) in [6.07, 6.45) is 4.92. The Kier molecular flexibility index (Phi) is 8.07. The van der Waals surface area contributed by atoms with Crippen molar-refractivity contribution >= 4 is 15.9 Å². The van der Waals surface area contributed by atoms with Gasteiger partial charge < -0.3 is 19.5 Å². The number of carbonyl (C=O) groups excluding carboxylic acids is 1. The van der Waals surface area contributed by atoms with Gasteiger partial charge in [-0.05, 0) is 61.6 Å². The van der Waals surface area contributed by atoms with Gasteiger partial charge in [0.05, 0.1) is 18.1 Å². The third kappa shape index (κ3) is 5.89. The number of hydrogen-bond donors (Lipinski definition) is 1. The number of rotatable bonds is 9. The third-order valence-corrected chi connectivity index (χ3v) is 8.07. The summed E-state index contributed by atoms with van der Waals surface area (Å²) in [7, 11) is -2.02. The van der Waals surface area contributed by atoms with Gasteiger partial charge in [0.15, 0.2) is 11.5 Å². The minimum atomic E-state index is -3.60. The first-order valence-corrected chi connectivity index (χ1v) is 13.2. The average Bonchev–Trinajstić information content (AvgIpc) is 3.40. The molecule has 2 aromatic rings.